The van der Waals surface area contributed by atoms with Crippen LogP contribution in [0.3, 0.4) is 0 Å². The zero-order valence-electron chi connectivity index (χ0n) is 14.6. The third kappa shape index (κ3) is 5.47. The van der Waals surface area contributed by atoms with Crippen LogP contribution in [-0.2, 0) is 4.74 Å². The van der Waals surface area contributed by atoms with Crippen molar-refractivity contribution in [3.8, 4) is 11.5 Å². The monoisotopic (exact) mass is 379 g/mol. The summed E-state index contributed by atoms with van der Waals surface area (Å²) in [4.78, 5) is 13.6. The molecule has 7 heteroatoms. The molecule has 27 heavy (non-hydrogen) atoms. The molecular weight excluding hydrogens is 359 g/mol. The Balaban J connectivity index is 1.74. The summed E-state index contributed by atoms with van der Waals surface area (Å²) in [5.74, 6) is 0.508. The maximum atomic E-state index is 13.0. The maximum absolute atomic E-state index is 13.0. The fourth-order valence-electron chi connectivity index (χ4n) is 3.01. The van der Waals surface area contributed by atoms with Gasteiger partial charge in [0.1, 0.15) is 18.0 Å². The van der Waals surface area contributed by atoms with Gasteiger partial charge < -0.3 is 14.4 Å². The van der Waals surface area contributed by atoms with Crippen molar-refractivity contribution in [2.24, 2.45) is 0 Å². The lowest BCUT2D eigenvalue weighted by Gasteiger charge is -2.34. The van der Waals surface area contributed by atoms with Crippen LogP contribution in [0.4, 0.5) is 13.2 Å². The van der Waals surface area contributed by atoms with Crippen molar-refractivity contribution >= 4 is 5.91 Å². The largest absolute Gasteiger partial charge is 0.457 e. The molecule has 1 saturated heterocycles. The molecule has 0 atom stereocenters. The van der Waals surface area contributed by atoms with Gasteiger partial charge in [0, 0.05) is 24.8 Å². The van der Waals surface area contributed by atoms with Crippen molar-refractivity contribution in [2.75, 3.05) is 19.8 Å². The van der Waals surface area contributed by atoms with Crippen molar-refractivity contribution in [3.05, 3.63) is 60.2 Å². The molecule has 0 N–H and O–H groups in total. The third-order valence-corrected chi connectivity index (χ3v) is 4.32. The van der Waals surface area contributed by atoms with Crippen LogP contribution < -0.4 is 4.74 Å². The lowest BCUT2D eigenvalue weighted by molar-refractivity contribution is -0.147. The number of alkyl halides is 3. The SMILES string of the molecule is O=C(c1ccc(Oc2ccccc2)cc1)N(CC(F)(F)F)C1CCOCC1. The summed E-state index contributed by atoms with van der Waals surface area (Å²) in [5, 5.41) is 0. The number of hydrogen-bond donors (Lipinski definition) is 0. The zero-order valence-corrected chi connectivity index (χ0v) is 14.6. The second kappa shape index (κ2) is 8.43. The number of nitrogens with zero attached hydrogens (tertiary/aromatic N) is 1. The number of para-hydroxylation sites is 1. The molecular formula is C20H20F3NO3. The minimum Gasteiger partial charge on any atom is -0.457 e. The summed E-state index contributed by atoms with van der Waals surface area (Å²) >= 11 is 0. The van der Waals surface area contributed by atoms with Crippen molar-refractivity contribution in [2.45, 2.75) is 25.1 Å². The standard InChI is InChI=1S/C20H20F3NO3/c21-20(22,23)14-24(16-10-12-26-13-11-16)19(25)15-6-8-18(9-7-15)27-17-4-2-1-3-5-17/h1-9,16H,10-14H2. The Labute approximate surface area is 155 Å². The highest BCUT2D eigenvalue weighted by molar-refractivity contribution is 5.94. The average molecular weight is 379 g/mol. The van der Waals surface area contributed by atoms with Crippen molar-refractivity contribution < 1.29 is 27.4 Å². The number of benzene rings is 2. The van der Waals surface area contributed by atoms with E-state index in [-0.39, 0.29) is 5.56 Å². The van der Waals surface area contributed by atoms with Gasteiger partial charge in [-0.1, -0.05) is 18.2 Å². The number of halogens is 3. The summed E-state index contributed by atoms with van der Waals surface area (Å²) in [6.07, 6.45) is -3.65. The van der Waals surface area contributed by atoms with Crippen molar-refractivity contribution in [3.63, 3.8) is 0 Å². The molecule has 0 bridgehead atoms. The van der Waals surface area contributed by atoms with E-state index >= 15 is 0 Å². The van der Waals surface area contributed by atoms with Gasteiger partial charge in [0.15, 0.2) is 0 Å². The molecule has 0 aliphatic carbocycles. The molecule has 2 aromatic carbocycles. The topological polar surface area (TPSA) is 38.8 Å². The molecule has 0 saturated carbocycles. The van der Waals surface area contributed by atoms with Crippen molar-refractivity contribution in [1.29, 1.82) is 0 Å². The third-order valence-electron chi connectivity index (χ3n) is 4.32. The number of carbonyl (C=O) groups excluding carboxylic acids is 1. The molecule has 2 aromatic rings. The predicted octanol–water partition coefficient (Wildman–Crippen LogP) is 4.66. The predicted molar refractivity (Wildman–Crippen MR) is 93.9 cm³/mol. The normalized spacial score (nSPS) is 15.4. The Kier molecular flexibility index (Phi) is 6.01. The van der Waals surface area contributed by atoms with Gasteiger partial charge in [-0.25, -0.2) is 0 Å². The van der Waals surface area contributed by atoms with E-state index in [4.69, 9.17) is 9.47 Å². The summed E-state index contributed by atoms with van der Waals surface area (Å²) in [7, 11) is 0. The van der Waals surface area contributed by atoms with Crippen LogP contribution in [0.1, 0.15) is 23.2 Å². The Morgan fingerprint density at radius 1 is 1.00 bits per heavy atom. The highest BCUT2D eigenvalue weighted by Gasteiger charge is 2.37. The van der Waals surface area contributed by atoms with E-state index < -0.39 is 24.7 Å². The van der Waals surface area contributed by atoms with E-state index in [1.54, 1.807) is 24.3 Å². The Morgan fingerprint density at radius 2 is 1.59 bits per heavy atom. The molecule has 1 aliphatic heterocycles. The second-order valence-electron chi connectivity index (χ2n) is 6.33. The molecule has 0 spiro atoms. The first kappa shape index (κ1) is 19.2. The molecule has 1 heterocycles. The number of hydrogen-bond acceptors (Lipinski definition) is 3. The zero-order chi connectivity index (χ0) is 19.3. The van der Waals surface area contributed by atoms with E-state index in [2.05, 4.69) is 0 Å². The second-order valence-corrected chi connectivity index (χ2v) is 6.33. The van der Waals surface area contributed by atoms with Gasteiger partial charge in [0.25, 0.3) is 5.91 Å². The number of carbonyl (C=O) groups is 1. The quantitative estimate of drug-likeness (QED) is 0.758. The summed E-state index contributed by atoms with van der Waals surface area (Å²) < 4.78 is 49.8. The van der Waals surface area contributed by atoms with Gasteiger partial charge in [0.2, 0.25) is 0 Å². The summed E-state index contributed by atoms with van der Waals surface area (Å²) in [6, 6.07) is 14.8. The van der Waals surface area contributed by atoms with E-state index in [1.165, 1.54) is 12.1 Å². The van der Waals surface area contributed by atoms with Crippen LogP contribution in [0, 0.1) is 0 Å². The fraction of sp³-hybridized carbons (Fsp3) is 0.350. The molecule has 0 unspecified atom stereocenters. The number of rotatable bonds is 5. The van der Waals surface area contributed by atoms with E-state index in [0.29, 0.717) is 37.6 Å². The fourth-order valence-corrected chi connectivity index (χ4v) is 3.01. The Bertz CT molecular complexity index is 741. The summed E-state index contributed by atoms with van der Waals surface area (Å²) in [5.41, 5.74) is 0.200. The van der Waals surface area contributed by atoms with Crippen LogP contribution >= 0.6 is 0 Å². The van der Waals surface area contributed by atoms with Crippen LogP contribution in [-0.4, -0.2) is 42.8 Å². The lowest BCUT2D eigenvalue weighted by Crippen LogP contribution is -2.47. The molecule has 1 aliphatic rings. The van der Waals surface area contributed by atoms with Gasteiger partial charge in [0.05, 0.1) is 0 Å². The van der Waals surface area contributed by atoms with Gasteiger partial charge in [-0.05, 0) is 49.2 Å². The molecule has 0 aromatic heterocycles. The van der Waals surface area contributed by atoms with Crippen molar-refractivity contribution in [1.82, 2.24) is 4.90 Å². The Hall–Kier alpha value is -2.54. The smallest absolute Gasteiger partial charge is 0.406 e. The van der Waals surface area contributed by atoms with Crippen LogP contribution in [0.2, 0.25) is 0 Å². The maximum Gasteiger partial charge on any atom is 0.406 e. The molecule has 4 nitrogen and oxygen atoms in total. The van der Waals surface area contributed by atoms with Gasteiger partial charge in [-0.2, -0.15) is 13.2 Å². The first-order chi connectivity index (χ1) is 12.9. The van der Waals surface area contributed by atoms with E-state index in [0.717, 1.165) is 4.90 Å². The number of amides is 1. The highest BCUT2D eigenvalue weighted by atomic mass is 19.4. The van der Waals surface area contributed by atoms with Gasteiger partial charge in [-0.3, -0.25) is 4.79 Å². The van der Waals surface area contributed by atoms with Gasteiger partial charge in [-0.15, -0.1) is 0 Å². The van der Waals surface area contributed by atoms with Crippen LogP contribution in [0.5, 0.6) is 11.5 Å². The van der Waals surface area contributed by atoms with E-state index in [1.807, 2.05) is 18.2 Å². The van der Waals surface area contributed by atoms with Crippen LogP contribution in [0.15, 0.2) is 54.6 Å². The molecule has 144 valence electrons. The summed E-state index contributed by atoms with van der Waals surface area (Å²) in [6.45, 7) is -0.551. The molecule has 1 fully saturated rings. The average Bonchev–Trinajstić information content (AvgIpc) is 2.67. The minimum atomic E-state index is -4.45. The number of ether oxygens (including phenoxy) is 2. The Morgan fingerprint density at radius 3 is 2.19 bits per heavy atom. The minimum absolute atomic E-state index is 0.200. The van der Waals surface area contributed by atoms with Gasteiger partial charge >= 0.3 is 6.18 Å². The lowest BCUT2D eigenvalue weighted by atomic mass is 10.1. The van der Waals surface area contributed by atoms with Crippen LogP contribution in [0.25, 0.3) is 0 Å². The molecule has 1 amide bonds. The molecule has 0 radical (unpaired) electrons. The van der Waals surface area contributed by atoms with E-state index in [9.17, 15) is 18.0 Å². The highest BCUT2D eigenvalue weighted by Crippen LogP contribution is 2.26. The molecule has 3 rings (SSSR count). The first-order valence-electron chi connectivity index (χ1n) is 8.71. The first-order valence-corrected chi connectivity index (χ1v) is 8.71.